The van der Waals surface area contributed by atoms with E-state index < -0.39 is 0 Å². The summed E-state index contributed by atoms with van der Waals surface area (Å²) in [4.78, 5) is 11.9. The van der Waals surface area contributed by atoms with E-state index in [4.69, 9.17) is 9.47 Å². The van der Waals surface area contributed by atoms with E-state index in [1.54, 1.807) is 20.3 Å². The van der Waals surface area contributed by atoms with Gasteiger partial charge in [0.05, 0.1) is 14.2 Å². The van der Waals surface area contributed by atoms with Crippen LogP contribution in [0.15, 0.2) is 53.0 Å². The molecule has 0 aromatic heterocycles. The molecular weight excluding hydrogens is 358 g/mol. The molecule has 1 N–H and O–H groups in total. The first-order valence-electron chi connectivity index (χ1n) is 7.05. The average Bonchev–Trinajstić information content (AvgIpc) is 2.59. The fraction of sp³-hybridized carbons (Fsp3) is 0.167. The van der Waals surface area contributed by atoms with Crippen molar-refractivity contribution in [1.82, 2.24) is 5.32 Å². The molecule has 4 nitrogen and oxygen atoms in total. The first kappa shape index (κ1) is 17.1. The Morgan fingerprint density at radius 1 is 1.09 bits per heavy atom. The van der Waals surface area contributed by atoms with E-state index in [2.05, 4.69) is 21.2 Å². The van der Waals surface area contributed by atoms with Gasteiger partial charge >= 0.3 is 0 Å². The van der Waals surface area contributed by atoms with Crippen LogP contribution in [0.3, 0.4) is 0 Å². The van der Waals surface area contributed by atoms with Crippen LogP contribution >= 0.6 is 15.9 Å². The zero-order valence-corrected chi connectivity index (χ0v) is 14.6. The first-order valence-corrected chi connectivity index (χ1v) is 7.84. The maximum absolute atomic E-state index is 11.9. The van der Waals surface area contributed by atoms with Gasteiger partial charge in [0, 0.05) is 17.1 Å². The van der Waals surface area contributed by atoms with Crippen molar-refractivity contribution in [2.24, 2.45) is 0 Å². The molecule has 0 atom stereocenters. The number of carbonyl (C=O) groups excluding carboxylic acids is 1. The molecule has 120 valence electrons. The Hall–Kier alpha value is -2.27. The van der Waals surface area contributed by atoms with Crippen LogP contribution in [0.1, 0.15) is 11.1 Å². The van der Waals surface area contributed by atoms with Crippen molar-refractivity contribution >= 4 is 27.9 Å². The Kier molecular flexibility index (Phi) is 6.23. The molecule has 0 bridgehead atoms. The van der Waals surface area contributed by atoms with Gasteiger partial charge in [-0.1, -0.05) is 34.1 Å². The predicted molar refractivity (Wildman–Crippen MR) is 94.6 cm³/mol. The van der Waals surface area contributed by atoms with Crippen LogP contribution in [-0.2, 0) is 11.3 Å². The number of rotatable bonds is 6. The number of methoxy groups -OCH3 is 2. The molecule has 2 aromatic carbocycles. The largest absolute Gasteiger partial charge is 0.493 e. The highest BCUT2D eigenvalue weighted by Gasteiger charge is 2.05. The maximum atomic E-state index is 11.9. The number of carbonyl (C=O) groups is 1. The summed E-state index contributed by atoms with van der Waals surface area (Å²) in [6.07, 6.45) is 3.29. The molecule has 0 fully saturated rings. The summed E-state index contributed by atoms with van der Waals surface area (Å²) in [6.45, 7) is 0.421. The normalized spacial score (nSPS) is 10.6. The lowest BCUT2D eigenvalue weighted by molar-refractivity contribution is -0.116. The molecule has 0 aliphatic rings. The summed E-state index contributed by atoms with van der Waals surface area (Å²) in [5.74, 6) is 1.16. The SMILES string of the molecule is COc1ccc(CNC(=O)/C=C/c2ccc(Br)cc2)cc1OC. The monoisotopic (exact) mass is 375 g/mol. The summed E-state index contributed by atoms with van der Waals surface area (Å²) in [6, 6.07) is 13.3. The number of hydrogen-bond acceptors (Lipinski definition) is 3. The number of amides is 1. The van der Waals surface area contributed by atoms with E-state index in [0.29, 0.717) is 18.0 Å². The van der Waals surface area contributed by atoms with Crippen LogP contribution in [0.25, 0.3) is 6.08 Å². The van der Waals surface area contributed by atoms with Gasteiger partial charge < -0.3 is 14.8 Å². The van der Waals surface area contributed by atoms with Crippen molar-refractivity contribution in [2.75, 3.05) is 14.2 Å². The molecule has 0 aliphatic heterocycles. The van der Waals surface area contributed by atoms with Crippen LogP contribution in [-0.4, -0.2) is 20.1 Å². The van der Waals surface area contributed by atoms with Crippen LogP contribution in [0.5, 0.6) is 11.5 Å². The minimum atomic E-state index is -0.150. The molecule has 23 heavy (non-hydrogen) atoms. The van der Waals surface area contributed by atoms with Gasteiger partial charge in [0.25, 0.3) is 0 Å². The third-order valence-corrected chi connectivity index (χ3v) is 3.74. The van der Waals surface area contributed by atoms with Crippen LogP contribution in [0, 0.1) is 0 Å². The fourth-order valence-corrected chi connectivity index (χ4v) is 2.25. The Morgan fingerprint density at radius 3 is 2.43 bits per heavy atom. The molecule has 0 unspecified atom stereocenters. The van der Waals surface area contributed by atoms with Gasteiger partial charge in [-0.2, -0.15) is 0 Å². The maximum Gasteiger partial charge on any atom is 0.244 e. The van der Waals surface area contributed by atoms with Gasteiger partial charge in [0.15, 0.2) is 11.5 Å². The van der Waals surface area contributed by atoms with Crippen molar-refractivity contribution in [1.29, 1.82) is 0 Å². The summed E-state index contributed by atoms with van der Waals surface area (Å²) >= 11 is 3.38. The second-order valence-corrected chi connectivity index (χ2v) is 5.71. The van der Waals surface area contributed by atoms with Crippen molar-refractivity contribution < 1.29 is 14.3 Å². The minimum absolute atomic E-state index is 0.150. The average molecular weight is 376 g/mol. The second kappa shape index (κ2) is 8.39. The van der Waals surface area contributed by atoms with E-state index >= 15 is 0 Å². The third-order valence-electron chi connectivity index (χ3n) is 3.21. The standard InChI is InChI=1S/C18H18BrNO3/c1-22-16-9-5-14(11-17(16)23-2)12-20-18(21)10-6-13-3-7-15(19)8-4-13/h3-11H,12H2,1-2H3,(H,20,21)/b10-6+. The molecule has 5 heteroatoms. The van der Waals surface area contributed by atoms with E-state index in [9.17, 15) is 4.79 Å². The minimum Gasteiger partial charge on any atom is -0.493 e. The zero-order chi connectivity index (χ0) is 16.7. The fourth-order valence-electron chi connectivity index (χ4n) is 1.98. The Balaban J connectivity index is 1.92. The molecule has 1 amide bonds. The molecule has 0 heterocycles. The smallest absolute Gasteiger partial charge is 0.244 e. The van der Waals surface area contributed by atoms with Gasteiger partial charge in [0.1, 0.15) is 0 Å². The van der Waals surface area contributed by atoms with Gasteiger partial charge in [-0.05, 0) is 41.5 Å². The lowest BCUT2D eigenvalue weighted by Gasteiger charge is -2.09. The Bertz CT molecular complexity index is 696. The van der Waals surface area contributed by atoms with Gasteiger partial charge in [0.2, 0.25) is 5.91 Å². The third kappa shape index (κ3) is 5.14. The number of ether oxygens (including phenoxy) is 2. The van der Waals surface area contributed by atoms with Crippen LogP contribution in [0.4, 0.5) is 0 Å². The quantitative estimate of drug-likeness (QED) is 0.781. The van der Waals surface area contributed by atoms with E-state index in [-0.39, 0.29) is 5.91 Å². The van der Waals surface area contributed by atoms with Crippen molar-refractivity contribution in [2.45, 2.75) is 6.54 Å². The van der Waals surface area contributed by atoms with Crippen LogP contribution < -0.4 is 14.8 Å². The van der Waals surface area contributed by atoms with Crippen LogP contribution in [0.2, 0.25) is 0 Å². The molecule has 2 rings (SSSR count). The summed E-state index contributed by atoms with van der Waals surface area (Å²) < 4.78 is 11.4. The lowest BCUT2D eigenvalue weighted by atomic mass is 10.2. The molecular formula is C18H18BrNO3. The highest BCUT2D eigenvalue weighted by Crippen LogP contribution is 2.27. The number of halogens is 1. The molecule has 0 aliphatic carbocycles. The van der Waals surface area contributed by atoms with E-state index in [1.807, 2.05) is 42.5 Å². The van der Waals surface area contributed by atoms with Crippen molar-refractivity contribution in [3.05, 3.63) is 64.1 Å². The molecule has 0 spiro atoms. The van der Waals surface area contributed by atoms with E-state index in [1.165, 1.54) is 6.08 Å². The molecule has 0 radical (unpaired) electrons. The molecule has 0 saturated heterocycles. The van der Waals surface area contributed by atoms with Gasteiger partial charge in [-0.25, -0.2) is 0 Å². The zero-order valence-electron chi connectivity index (χ0n) is 13.0. The Labute approximate surface area is 144 Å². The lowest BCUT2D eigenvalue weighted by Crippen LogP contribution is -2.20. The highest BCUT2D eigenvalue weighted by atomic mass is 79.9. The van der Waals surface area contributed by atoms with Crippen molar-refractivity contribution in [3.8, 4) is 11.5 Å². The van der Waals surface area contributed by atoms with Crippen molar-refractivity contribution in [3.63, 3.8) is 0 Å². The van der Waals surface area contributed by atoms with Gasteiger partial charge in [-0.3, -0.25) is 4.79 Å². The summed E-state index contributed by atoms with van der Waals surface area (Å²) in [5.41, 5.74) is 1.91. The number of nitrogens with one attached hydrogen (secondary N) is 1. The topological polar surface area (TPSA) is 47.6 Å². The molecule has 0 saturated carbocycles. The second-order valence-electron chi connectivity index (χ2n) is 4.79. The highest BCUT2D eigenvalue weighted by molar-refractivity contribution is 9.10. The Morgan fingerprint density at radius 2 is 1.78 bits per heavy atom. The van der Waals surface area contributed by atoms with Gasteiger partial charge in [-0.15, -0.1) is 0 Å². The number of benzene rings is 2. The number of hydrogen-bond donors (Lipinski definition) is 1. The molecule has 2 aromatic rings. The van der Waals surface area contributed by atoms with E-state index in [0.717, 1.165) is 15.6 Å². The first-order chi connectivity index (χ1) is 11.1. The predicted octanol–water partition coefficient (Wildman–Crippen LogP) is 3.80. The summed E-state index contributed by atoms with van der Waals surface area (Å²) in [5, 5.41) is 2.84. The summed E-state index contributed by atoms with van der Waals surface area (Å²) in [7, 11) is 3.17.